The number of nitrogens with zero attached hydrogens (tertiary/aromatic N) is 3. The Morgan fingerprint density at radius 3 is 2.93 bits per heavy atom. The highest BCUT2D eigenvalue weighted by molar-refractivity contribution is 5.94. The Kier molecular flexibility index (Phi) is 5.27. The SMILES string of the molecule is Cn1nc(CO)c2c1CCN(C(=O)c1cccc(CC3CCNCC3)c1)C2. The van der Waals surface area contributed by atoms with E-state index in [1.165, 1.54) is 18.4 Å². The summed E-state index contributed by atoms with van der Waals surface area (Å²) in [6.07, 6.45) is 4.24. The van der Waals surface area contributed by atoms with Crippen molar-refractivity contribution in [2.45, 2.75) is 38.8 Å². The average Bonchev–Trinajstić information content (AvgIpc) is 3.03. The number of hydrogen-bond donors (Lipinski definition) is 2. The van der Waals surface area contributed by atoms with Crippen LogP contribution in [0.2, 0.25) is 0 Å². The van der Waals surface area contributed by atoms with Crippen LogP contribution in [-0.4, -0.2) is 45.3 Å². The number of aryl methyl sites for hydroxylation is 1. The van der Waals surface area contributed by atoms with E-state index in [-0.39, 0.29) is 12.5 Å². The second-order valence-electron chi connectivity index (χ2n) is 7.73. The first-order valence-electron chi connectivity index (χ1n) is 9.89. The van der Waals surface area contributed by atoms with Gasteiger partial charge in [0, 0.05) is 43.4 Å². The fourth-order valence-electron chi connectivity index (χ4n) is 4.40. The van der Waals surface area contributed by atoms with E-state index in [9.17, 15) is 9.90 Å². The van der Waals surface area contributed by atoms with E-state index in [0.717, 1.165) is 42.8 Å². The molecule has 2 aliphatic heterocycles. The van der Waals surface area contributed by atoms with Gasteiger partial charge in [0.2, 0.25) is 0 Å². The summed E-state index contributed by atoms with van der Waals surface area (Å²) in [4.78, 5) is 15.0. The maximum atomic E-state index is 13.1. The van der Waals surface area contributed by atoms with Crippen molar-refractivity contribution in [2.24, 2.45) is 13.0 Å². The van der Waals surface area contributed by atoms with Gasteiger partial charge in [0.25, 0.3) is 5.91 Å². The topological polar surface area (TPSA) is 70.4 Å². The zero-order valence-corrected chi connectivity index (χ0v) is 15.9. The summed E-state index contributed by atoms with van der Waals surface area (Å²) >= 11 is 0. The van der Waals surface area contributed by atoms with Crippen LogP contribution < -0.4 is 5.32 Å². The predicted molar refractivity (Wildman–Crippen MR) is 103 cm³/mol. The smallest absolute Gasteiger partial charge is 0.254 e. The predicted octanol–water partition coefficient (Wildman–Crippen LogP) is 1.65. The van der Waals surface area contributed by atoms with Crippen LogP contribution in [0.25, 0.3) is 0 Å². The lowest BCUT2D eigenvalue weighted by molar-refractivity contribution is 0.0732. The number of carbonyl (C=O) groups excluding carboxylic acids is 1. The van der Waals surface area contributed by atoms with Crippen LogP contribution in [0.4, 0.5) is 0 Å². The van der Waals surface area contributed by atoms with Crippen LogP contribution in [-0.2, 0) is 33.0 Å². The van der Waals surface area contributed by atoms with Crippen molar-refractivity contribution in [3.05, 3.63) is 52.3 Å². The van der Waals surface area contributed by atoms with Gasteiger partial charge in [0.05, 0.1) is 12.3 Å². The number of nitrogens with one attached hydrogen (secondary N) is 1. The van der Waals surface area contributed by atoms with Gasteiger partial charge in [0.15, 0.2) is 0 Å². The van der Waals surface area contributed by atoms with Crippen molar-refractivity contribution in [3.8, 4) is 0 Å². The molecule has 4 rings (SSSR count). The molecule has 0 aliphatic carbocycles. The molecule has 0 atom stereocenters. The minimum Gasteiger partial charge on any atom is -0.390 e. The van der Waals surface area contributed by atoms with Crippen molar-refractivity contribution >= 4 is 5.91 Å². The molecule has 1 aromatic carbocycles. The monoisotopic (exact) mass is 368 g/mol. The molecule has 2 aromatic rings. The summed E-state index contributed by atoms with van der Waals surface area (Å²) in [5, 5.41) is 17.3. The summed E-state index contributed by atoms with van der Waals surface area (Å²) in [5.74, 6) is 0.775. The molecule has 0 unspecified atom stereocenters. The standard InChI is InChI=1S/C21H28N4O2/c1-24-20-7-10-25(13-18(20)19(14-26)23-24)21(27)17-4-2-3-16(12-17)11-15-5-8-22-9-6-15/h2-4,12,15,22,26H,5-11,13-14H2,1H3. The van der Waals surface area contributed by atoms with Crippen LogP contribution >= 0.6 is 0 Å². The van der Waals surface area contributed by atoms with Gasteiger partial charge in [-0.05, 0) is 56.0 Å². The molecule has 1 fully saturated rings. The Bertz CT molecular complexity index is 824. The minimum absolute atomic E-state index is 0.0700. The summed E-state index contributed by atoms with van der Waals surface area (Å²) < 4.78 is 1.84. The van der Waals surface area contributed by atoms with Gasteiger partial charge in [-0.2, -0.15) is 5.10 Å². The van der Waals surface area contributed by atoms with E-state index in [0.29, 0.717) is 24.7 Å². The molecule has 1 saturated heterocycles. The van der Waals surface area contributed by atoms with Gasteiger partial charge in [-0.25, -0.2) is 0 Å². The molecular weight excluding hydrogens is 340 g/mol. The molecule has 27 heavy (non-hydrogen) atoms. The molecule has 6 nitrogen and oxygen atoms in total. The molecule has 2 aliphatic rings. The summed E-state index contributed by atoms with van der Waals surface area (Å²) in [6.45, 7) is 3.32. The number of aliphatic hydroxyl groups is 1. The number of carbonyl (C=O) groups is 1. The highest BCUT2D eigenvalue weighted by atomic mass is 16.3. The first kappa shape index (κ1) is 18.2. The number of aliphatic hydroxyl groups excluding tert-OH is 1. The van der Waals surface area contributed by atoms with Gasteiger partial charge >= 0.3 is 0 Å². The van der Waals surface area contributed by atoms with Crippen LogP contribution in [0, 0.1) is 5.92 Å². The third kappa shape index (κ3) is 3.77. The normalized spacial score (nSPS) is 17.8. The lowest BCUT2D eigenvalue weighted by Crippen LogP contribution is -2.36. The number of piperidine rings is 1. The third-order valence-electron chi connectivity index (χ3n) is 5.92. The fourth-order valence-corrected chi connectivity index (χ4v) is 4.40. The Balaban J connectivity index is 1.48. The highest BCUT2D eigenvalue weighted by Gasteiger charge is 2.27. The van der Waals surface area contributed by atoms with Gasteiger partial charge < -0.3 is 15.3 Å². The molecule has 144 valence electrons. The summed E-state index contributed by atoms with van der Waals surface area (Å²) in [6, 6.07) is 8.12. The number of rotatable bonds is 4. The van der Waals surface area contributed by atoms with E-state index in [4.69, 9.17) is 0 Å². The largest absolute Gasteiger partial charge is 0.390 e. The van der Waals surface area contributed by atoms with Crippen LogP contribution in [0.15, 0.2) is 24.3 Å². The molecule has 6 heteroatoms. The van der Waals surface area contributed by atoms with Gasteiger partial charge in [-0.1, -0.05) is 12.1 Å². The maximum absolute atomic E-state index is 13.1. The van der Waals surface area contributed by atoms with Crippen LogP contribution in [0.3, 0.4) is 0 Å². The summed E-state index contributed by atoms with van der Waals surface area (Å²) in [7, 11) is 1.90. The molecule has 3 heterocycles. The van der Waals surface area contributed by atoms with Crippen molar-refractivity contribution in [1.82, 2.24) is 20.0 Å². The minimum atomic E-state index is -0.0864. The highest BCUT2D eigenvalue weighted by Crippen LogP contribution is 2.24. The number of amides is 1. The molecular formula is C21H28N4O2. The molecule has 0 bridgehead atoms. The van der Waals surface area contributed by atoms with E-state index in [2.05, 4.69) is 22.5 Å². The van der Waals surface area contributed by atoms with Crippen LogP contribution in [0.1, 0.15) is 45.7 Å². The van der Waals surface area contributed by atoms with E-state index >= 15 is 0 Å². The van der Waals surface area contributed by atoms with E-state index in [1.807, 2.05) is 28.8 Å². The quantitative estimate of drug-likeness (QED) is 0.861. The van der Waals surface area contributed by atoms with Crippen molar-refractivity contribution < 1.29 is 9.90 Å². The van der Waals surface area contributed by atoms with Crippen LogP contribution in [0.5, 0.6) is 0 Å². The Morgan fingerprint density at radius 2 is 2.15 bits per heavy atom. The number of fused-ring (bicyclic) bond motifs is 1. The molecule has 0 spiro atoms. The van der Waals surface area contributed by atoms with Crippen molar-refractivity contribution in [3.63, 3.8) is 0 Å². The third-order valence-corrected chi connectivity index (χ3v) is 5.92. The lowest BCUT2D eigenvalue weighted by Gasteiger charge is -2.28. The Morgan fingerprint density at radius 1 is 1.33 bits per heavy atom. The molecule has 2 N–H and O–H groups in total. The Hall–Kier alpha value is -2.18. The first-order chi connectivity index (χ1) is 13.2. The van der Waals surface area contributed by atoms with Gasteiger partial charge in [-0.15, -0.1) is 0 Å². The molecule has 1 aromatic heterocycles. The second kappa shape index (κ2) is 7.82. The average molecular weight is 368 g/mol. The second-order valence-corrected chi connectivity index (χ2v) is 7.73. The van der Waals surface area contributed by atoms with Crippen molar-refractivity contribution in [2.75, 3.05) is 19.6 Å². The van der Waals surface area contributed by atoms with Gasteiger partial charge in [-0.3, -0.25) is 9.48 Å². The first-order valence-corrected chi connectivity index (χ1v) is 9.89. The Labute approximate surface area is 160 Å². The number of benzene rings is 1. The van der Waals surface area contributed by atoms with E-state index < -0.39 is 0 Å². The molecule has 1 amide bonds. The maximum Gasteiger partial charge on any atom is 0.254 e. The fraction of sp³-hybridized carbons (Fsp3) is 0.524. The van der Waals surface area contributed by atoms with Crippen molar-refractivity contribution in [1.29, 1.82) is 0 Å². The molecule has 0 radical (unpaired) electrons. The zero-order chi connectivity index (χ0) is 18.8. The molecule has 0 saturated carbocycles. The lowest BCUT2D eigenvalue weighted by atomic mass is 9.90. The van der Waals surface area contributed by atoms with Gasteiger partial charge in [0.1, 0.15) is 0 Å². The summed E-state index contributed by atoms with van der Waals surface area (Å²) in [5.41, 5.74) is 4.83. The zero-order valence-electron chi connectivity index (χ0n) is 15.9. The number of hydrogen-bond acceptors (Lipinski definition) is 4. The number of aromatic nitrogens is 2. The van der Waals surface area contributed by atoms with E-state index in [1.54, 1.807) is 0 Å².